The third-order valence-corrected chi connectivity index (χ3v) is 4.16. The van der Waals surface area contributed by atoms with Gasteiger partial charge in [0.1, 0.15) is 11.9 Å². The molecule has 110 valence electrons. The lowest BCUT2D eigenvalue weighted by Crippen LogP contribution is -2.13. The summed E-state index contributed by atoms with van der Waals surface area (Å²) >= 11 is 0. The molecule has 21 heavy (non-hydrogen) atoms. The summed E-state index contributed by atoms with van der Waals surface area (Å²) in [5, 5.41) is 17.3. The lowest BCUT2D eigenvalue weighted by atomic mass is 9.77. The molecule has 1 N–H and O–H groups in total. The van der Waals surface area contributed by atoms with Crippen molar-refractivity contribution >= 4 is 5.97 Å². The first-order chi connectivity index (χ1) is 10.1. The molecule has 1 aliphatic carbocycles. The van der Waals surface area contributed by atoms with Gasteiger partial charge >= 0.3 is 5.97 Å². The Labute approximate surface area is 123 Å². The van der Waals surface area contributed by atoms with E-state index >= 15 is 0 Å². The first kappa shape index (κ1) is 15.2. The molecule has 0 aromatic heterocycles. The van der Waals surface area contributed by atoms with Gasteiger partial charge in [-0.2, -0.15) is 5.26 Å². The molecule has 1 aromatic rings. The van der Waals surface area contributed by atoms with Gasteiger partial charge in [0.05, 0.1) is 5.56 Å². The minimum absolute atomic E-state index is 0.0891. The monoisotopic (exact) mass is 287 g/mol. The standard InChI is InChI=1S/C17H18FNO2/c18-16-10-14(8-9-15(16)11-19)13-6-4-12(5-7-13)2-1-3-17(20)21/h1,3,8-10,12-13H,2,4-7H2,(H,20,21)/b3-1+. The molecule has 0 aliphatic heterocycles. The fourth-order valence-corrected chi connectivity index (χ4v) is 2.97. The van der Waals surface area contributed by atoms with E-state index in [9.17, 15) is 9.18 Å². The van der Waals surface area contributed by atoms with Gasteiger partial charge in [0.15, 0.2) is 0 Å². The van der Waals surface area contributed by atoms with E-state index in [0.29, 0.717) is 11.8 Å². The van der Waals surface area contributed by atoms with Crippen LogP contribution >= 0.6 is 0 Å². The average molecular weight is 287 g/mol. The summed E-state index contributed by atoms with van der Waals surface area (Å²) in [5.41, 5.74) is 1.05. The molecule has 0 heterocycles. The minimum atomic E-state index is -0.906. The zero-order chi connectivity index (χ0) is 15.2. The highest BCUT2D eigenvalue weighted by molar-refractivity contribution is 5.79. The van der Waals surface area contributed by atoms with E-state index in [4.69, 9.17) is 10.4 Å². The minimum Gasteiger partial charge on any atom is -0.478 e. The Morgan fingerprint density at radius 1 is 1.38 bits per heavy atom. The second-order valence-corrected chi connectivity index (χ2v) is 5.55. The Kier molecular flexibility index (Phi) is 5.10. The molecular formula is C17H18FNO2. The van der Waals surface area contributed by atoms with Gasteiger partial charge < -0.3 is 5.11 Å². The van der Waals surface area contributed by atoms with E-state index in [0.717, 1.165) is 37.7 Å². The molecule has 1 aromatic carbocycles. The number of benzene rings is 1. The van der Waals surface area contributed by atoms with Gasteiger partial charge in [0.25, 0.3) is 0 Å². The van der Waals surface area contributed by atoms with Crippen molar-refractivity contribution in [2.45, 2.75) is 38.0 Å². The van der Waals surface area contributed by atoms with Crippen LogP contribution in [0.3, 0.4) is 0 Å². The van der Waals surface area contributed by atoms with Crippen LogP contribution in [0.15, 0.2) is 30.4 Å². The van der Waals surface area contributed by atoms with Crippen molar-refractivity contribution in [1.29, 1.82) is 5.26 Å². The zero-order valence-corrected chi connectivity index (χ0v) is 11.8. The SMILES string of the molecule is N#Cc1ccc(C2CCC(C/C=C/C(=O)O)CC2)cc1F. The Balaban J connectivity index is 1.90. The molecule has 0 amide bonds. The molecule has 0 atom stereocenters. The van der Waals surface area contributed by atoms with Crippen molar-refractivity contribution in [3.8, 4) is 6.07 Å². The quantitative estimate of drug-likeness (QED) is 0.851. The lowest BCUT2D eigenvalue weighted by molar-refractivity contribution is -0.131. The van der Waals surface area contributed by atoms with Gasteiger partial charge in [-0.05, 0) is 61.6 Å². The van der Waals surface area contributed by atoms with Gasteiger partial charge in [-0.3, -0.25) is 0 Å². The summed E-state index contributed by atoms with van der Waals surface area (Å²) < 4.78 is 13.6. The van der Waals surface area contributed by atoms with E-state index in [1.165, 1.54) is 12.1 Å². The number of nitriles is 1. The van der Waals surface area contributed by atoms with Crippen LogP contribution in [0.5, 0.6) is 0 Å². The maximum atomic E-state index is 13.6. The summed E-state index contributed by atoms with van der Waals surface area (Å²) in [6.07, 6.45) is 7.72. The fourth-order valence-electron chi connectivity index (χ4n) is 2.97. The number of carboxylic acids is 1. The summed E-state index contributed by atoms with van der Waals surface area (Å²) in [6, 6.07) is 6.71. The Morgan fingerprint density at radius 2 is 2.10 bits per heavy atom. The molecule has 4 heteroatoms. The highest BCUT2D eigenvalue weighted by atomic mass is 19.1. The van der Waals surface area contributed by atoms with Gasteiger partial charge in [-0.1, -0.05) is 12.1 Å². The van der Waals surface area contributed by atoms with Crippen molar-refractivity contribution in [3.05, 3.63) is 47.3 Å². The van der Waals surface area contributed by atoms with Crippen molar-refractivity contribution in [2.75, 3.05) is 0 Å². The Hall–Kier alpha value is -2.15. The molecule has 0 unspecified atom stereocenters. The van der Waals surface area contributed by atoms with Crippen LogP contribution in [0.25, 0.3) is 0 Å². The van der Waals surface area contributed by atoms with E-state index < -0.39 is 11.8 Å². The molecule has 2 rings (SSSR count). The normalized spacial score (nSPS) is 22.1. The number of carboxylic acid groups (broad SMARTS) is 1. The van der Waals surface area contributed by atoms with Gasteiger partial charge in [0.2, 0.25) is 0 Å². The second kappa shape index (κ2) is 7.03. The van der Waals surface area contributed by atoms with Crippen molar-refractivity contribution in [2.24, 2.45) is 5.92 Å². The Bertz CT molecular complexity index is 581. The number of hydrogen-bond acceptors (Lipinski definition) is 2. The average Bonchev–Trinajstić information content (AvgIpc) is 2.47. The van der Waals surface area contributed by atoms with Gasteiger partial charge in [-0.15, -0.1) is 0 Å². The predicted octanol–water partition coefficient (Wildman–Crippen LogP) is 4.00. The third kappa shape index (κ3) is 4.16. The fraction of sp³-hybridized carbons (Fsp3) is 0.412. The van der Waals surface area contributed by atoms with Crippen LogP contribution in [0.4, 0.5) is 4.39 Å². The highest BCUT2D eigenvalue weighted by Crippen LogP contribution is 2.37. The van der Waals surface area contributed by atoms with Crippen LogP contribution in [0.2, 0.25) is 0 Å². The number of rotatable bonds is 4. The number of halogens is 1. The maximum Gasteiger partial charge on any atom is 0.327 e. The summed E-state index contributed by atoms with van der Waals surface area (Å²) in [7, 11) is 0. The zero-order valence-electron chi connectivity index (χ0n) is 11.8. The first-order valence-corrected chi connectivity index (χ1v) is 7.19. The van der Waals surface area contributed by atoms with Crippen LogP contribution in [-0.2, 0) is 4.79 Å². The summed E-state index contributed by atoms with van der Waals surface area (Å²) in [4.78, 5) is 10.4. The lowest BCUT2D eigenvalue weighted by Gasteiger charge is -2.28. The Morgan fingerprint density at radius 3 is 2.67 bits per heavy atom. The number of nitrogens with zero attached hydrogens (tertiary/aromatic N) is 1. The van der Waals surface area contributed by atoms with Crippen molar-refractivity contribution in [3.63, 3.8) is 0 Å². The van der Waals surface area contributed by atoms with E-state index in [1.54, 1.807) is 12.1 Å². The smallest absolute Gasteiger partial charge is 0.327 e. The first-order valence-electron chi connectivity index (χ1n) is 7.19. The number of aliphatic carboxylic acids is 1. The van der Waals surface area contributed by atoms with Crippen LogP contribution in [0.1, 0.15) is 49.1 Å². The van der Waals surface area contributed by atoms with Crippen LogP contribution in [0, 0.1) is 23.1 Å². The number of hydrogen-bond donors (Lipinski definition) is 1. The second-order valence-electron chi connectivity index (χ2n) is 5.55. The highest BCUT2D eigenvalue weighted by Gasteiger charge is 2.22. The molecular weight excluding hydrogens is 269 g/mol. The number of allylic oxidation sites excluding steroid dienone is 1. The number of carbonyl (C=O) groups is 1. The molecule has 1 aliphatic rings. The third-order valence-electron chi connectivity index (χ3n) is 4.16. The topological polar surface area (TPSA) is 61.1 Å². The molecule has 1 fully saturated rings. The van der Waals surface area contributed by atoms with Gasteiger partial charge in [0, 0.05) is 6.08 Å². The molecule has 0 radical (unpaired) electrons. The molecule has 0 saturated heterocycles. The van der Waals surface area contributed by atoms with E-state index in [1.807, 2.05) is 12.1 Å². The van der Waals surface area contributed by atoms with Crippen molar-refractivity contribution < 1.29 is 14.3 Å². The van der Waals surface area contributed by atoms with Crippen LogP contribution in [-0.4, -0.2) is 11.1 Å². The van der Waals surface area contributed by atoms with Gasteiger partial charge in [-0.25, -0.2) is 9.18 Å². The predicted molar refractivity (Wildman–Crippen MR) is 77.2 cm³/mol. The van der Waals surface area contributed by atoms with E-state index in [2.05, 4.69) is 0 Å². The molecule has 3 nitrogen and oxygen atoms in total. The largest absolute Gasteiger partial charge is 0.478 e. The van der Waals surface area contributed by atoms with Crippen LogP contribution < -0.4 is 0 Å². The molecule has 0 bridgehead atoms. The summed E-state index contributed by atoms with van der Waals surface area (Å²) in [6.45, 7) is 0. The van der Waals surface area contributed by atoms with E-state index in [-0.39, 0.29) is 5.56 Å². The maximum absolute atomic E-state index is 13.6. The summed E-state index contributed by atoms with van der Waals surface area (Å²) in [5.74, 6) is -0.495. The molecule has 1 saturated carbocycles. The van der Waals surface area contributed by atoms with Crippen molar-refractivity contribution in [1.82, 2.24) is 0 Å². The molecule has 0 spiro atoms.